The Balaban J connectivity index is 1.45. The van der Waals surface area contributed by atoms with E-state index in [0.29, 0.717) is 19.0 Å². The molecule has 0 aliphatic carbocycles. The molecule has 1 fully saturated rings. The zero-order chi connectivity index (χ0) is 19.5. The quantitative estimate of drug-likeness (QED) is 0.686. The minimum atomic E-state index is 0.00193. The highest BCUT2D eigenvalue weighted by Crippen LogP contribution is 2.38. The van der Waals surface area contributed by atoms with E-state index >= 15 is 0 Å². The molecule has 2 aromatic rings. The van der Waals surface area contributed by atoms with Gasteiger partial charge in [-0.2, -0.15) is 0 Å². The molecule has 0 saturated carbocycles. The van der Waals surface area contributed by atoms with Gasteiger partial charge in [-0.15, -0.1) is 0 Å². The number of likely N-dealkylation sites (tertiary alicyclic amines) is 1. The van der Waals surface area contributed by atoms with Crippen LogP contribution in [-0.4, -0.2) is 37.2 Å². The second-order valence-electron chi connectivity index (χ2n) is 7.22. The predicted molar refractivity (Wildman–Crippen MR) is 110 cm³/mol. The SMILES string of the molecule is Cc1ccc(OCC(=O)N2CCC[C@@H]2c2ccc3c(c2)OCCCO3)c(Br)c1. The van der Waals surface area contributed by atoms with Crippen molar-refractivity contribution in [2.24, 2.45) is 0 Å². The number of nitrogens with zero attached hydrogens (tertiary/aromatic N) is 1. The predicted octanol–water partition coefficient (Wildman–Crippen LogP) is 4.66. The number of aryl methyl sites for hydroxylation is 1. The Bertz CT molecular complexity index is 870. The van der Waals surface area contributed by atoms with Gasteiger partial charge < -0.3 is 19.1 Å². The van der Waals surface area contributed by atoms with Crippen LogP contribution < -0.4 is 14.2 Å². The lowest BCUT2D eigenvalue weighted by Crippen LogP contribution is -2.34. The fraction of sp³-hybridized carbons (Fsp3) is 0.409. The van der Waals surface area contributed by atoms with Gasteiger partial charge in [0.05, 0.1) is 23.7 Å². The lowest BCUT2D eigenvalue weighted by Gasteiger charge is -2.26. The zero-order valence-corrected chi connectivity index (χ0v) is 17.5. The van der Waals surface area contributed by atoms with Crippen LogP contribution in [0.4, 0.5) is 0 Å². The molecule has 5 nitrogen and oxygen atoms in total. The fourth-order valence-electron chi connectivity index (χ4n) is 3.74. The Morgan fingerprint density at radius 3 is 2.79 bits per heavy atom. The molecule has 4 rings (SSSR count). The van der Waals surface area contributed by atoms with Crippen LogP contribution >= 0.6 is 15.9 Å². The van der Waals surface area contributed by atoms with Gasteiger partial charge in [-0.1, -0.05) is 12.1 Å². The van der Waals surface area contributed by atoms with Crippen molar-refractivity contribution in [3.63, 3.8) is 0 Å². The van der Waals surface area contributed by atoms with Crippen LogP contribution in [-0.2, 0) is 4.79 Å². The van der Waals surface area contributed by atoms with Gasteiger partial charge in [0, 0.05) is 13.0 Å². The molecule has 28 heavy (non-hydrogen) atoms. The number of rotatable bonds is 4. The molecular weight excluding hydrogens is 422 g/mol. The number of halogens is 1. The summed E-state index contributed by atoms with van der Waals surface area (Å²) < 4.78 is 18.2. The summed E-state index contributed by atoms with van der Waals surface area (Å²) in [6.07, 6.45) is 2.81. The molecule has 1 atom stereocenters. The van der Waals surface area contributed by atoms with Crippen LogP contribution in [0.25, 0.3) is 0 Å². The third kappa shape index (κ3) is 4.12. The topological polar surface area (TPSA) is 48.0 Å². The number of ether oxygens (including phenoxy) is 3. The van der Waals surface area contributed by atoms with E-state index in [1.807, 2.05) is 48.2 Å². The van der Waals surface area contributed by atoms with Crippen molar-refractivity contribution in [2.75, 3.05) is 26.4 Å². The molecule has 2 aliphatic rings. The maximum Gasteiger partial charge on any atom is 0.261 e. The number of fused-ring (bicyclic) bond motifs is 1. The second kappa shape index (κ2) is 8.43. The molecule has 0 aromatic heterocycles. The van der Waals surface area contributed by atoms with E-state index in [1.165, 1.54) is 0 Å². The van der Waals surface area contributed by atoms with Gasteiger partial charge in [0.25, 0.3) is 5.91 Å². The van der Waals surface area contributed by atoms with E-state index in [0.717, 1.165) is 52.9 Å². The van der Waals surface area contributed by atoms with Crippen LogP contribution in [0.15, 0.2) is 40.9 Å². The van der Waals surface area contributed by atoms with Gasteiger partial charge in [0.15, 0.2) is 18.1 Å². The molecule has 0 radical (unpaired) electrons. The van der Waals surface area contributed by atoms with Crippen molar-refractivity contribution >= 4 is 21.8 Å². The molecular formula is C22H24BrNO4. The molecule has 2 heterocycles. The minimum Gasteiger partial charge on any atom is -0.490 e. The van der Waals surface area contributed by atoms with Crippen molar-refractivity contribution in [1.82, 2.24) is 4.90 Å². The lowest BCUT2D eigenvalue weighted by atomic mass is 10.0. The maximum atomic E-state index is 12.9. The van der Waals surface area contributed by atoms with Crippen LogP contribution in [0.2, 0.25) is 0 Å². The number of carbonyl (C=O) groups is 1. The normalized spacial score (nSPS) is 18.6. The average Bonchev–Trinajstić information content (AvgIpc) is 3.06. The lowest BCUT2D eigenvalue weighted by molar-refractivity contribution is -0.134. The second-order valence-corrected chi connectivity index (χ2v) is 8.08. The summed E-state index contributed by atoms with van der Waals surface area (Å²) in [7, 11) is 0. The van der Waals surface area contributed by atoms with Crippen LogP contribution in [0.3, 0.4) is 0 Å². The van der Waals surface area contributed by atoms with Gasteiger partial charge in [-0.3, -0.25) is 4.79 Å². The van der Waals surface area contributed by atoms with Gasteiger partial charge in [0.1, 0.15) is 5.75 Å². The highest BCUT2D eigenvalue weighted by Gasteiger charge is 2.31. The first kappa shape index (κ1) is 19.1. The van der Waals surface area contributed by atoms with Crippen molar-refractivity contribution in [1.29, 1.82) is 0 Å². The summed E-state index contributed by atoms with van der Waals surface area (Å²) in [5.41, 5.74) is 2.23. The van der Waals surface area contributed by atoms with Gasteiger partial charge >= 0.3 is 0 Å². The van der Waals surface area contributed by atoms with Crippen LogP contribution in [0, 0.1) is 6.92 Å². The monoisotopic (exact) mass is 445 g/mol. The molecule has 1 saturated heterocycles. The van der Waals surface area contributed by atoms with Crippen molar-refractivity contribution in [3.8, 4) is 17.2 Å². The number of hydrogen-bond acceptors (Lipinski definition) is 4. The summed E-state index contributed by atoms with van der Waals surface area (Å²) >= 11 is 3.49. The number of benzene rings is 2. The number of carbonyl (C=O) groups excluding carboxylic acids is 1. The maximum absolute atomic E-state index is 12.9. The molecule has 0 spiro atoms. The van der Waals surface area contributed by atoms with Gasteiger partial charge in [-0.05, 0) is 71.1 Å². The molecule has 0 N–H and O–H groups in total. The zero-order valence-electron chi connectivity index (χ0n) is 15.9. The first-order chi connectivity index (χ1) is 13.6. The fourth-order valence-corrected chi connectivity index (χ4v) is 4.35. The standard InChI is InChI=1S/C22H24BrNO4/c1-15-5-7-19(17(23)12-15)28-14-22(25)24-9-2-4-18(24)16-6-8-20-21(13-16)27-11-3-10-26-20/h5-8,12-13,18H,2-4,9-11,14H2,1H3/t18-/m1/s1. The summed E-state index contributed by atoms with van der Waals surface area (Å²) in [5, 5.41) is 0. The van der Waals surface area contributed by atoms with E-state index < -0.39 is 0 Å². The number of amides is 1. The molecule has 1 amide bonds. The molecule has 0 unspecified atom stereocenters. The van der Waals surface area contributed by atoms with E-state index in [4.69, 9.17) is 14.2 Å². The van der Waals surface area contributed by atoms with Gasteiger partial charge in [-0.25, -0.2) is 0 Å². The largest absolute Gasteiger partial charge is 0.490 e. The first-order valence-corrected chi connectivity index (χ1v) is 10.5. The van der Waals surface area contributed by atoms with E-state index in [1.54, 1.807) is 0 Å². The third-order valence-corrected chi connectivity index (χ3v) is 5.79. The highest BCUT2D eigenvalue weighted by molar-refractivity contribution is 9.10. The Morgan fingerprint density at radius 2 is 1.96 bits per heavy atom. The summed E-state index contributed by atoms with van der Waals surface area (Å²) in [6.45, 7) is 4.12. The summed E-state index contributed by atoms with van der Waals surface area (Å²) in [5.74, 6) is 2.24. The average molecular weight is 446 g/mol. The van der Waals surface area contributed by atoms with Crippen molar-refractivity contribution < 1.29 is 19.0 Å². The van der Waals surface area contributed by atoms with Crippen molar-refractivity contribution in [2.45, 2.75) is 32.2 Å². The van der Waals surface area contributed by atoms with E-state index in [9.17, 15) is 4.79 Å². The smallest absolute Gasteiger partial charge is 0.261 e. The highest BCUT2D eigenvalue weighted by atomic mass is 79.9. The Hall–Kier alpha value is -2.21. The van der Waals surface area contributed by atoms with E-state index in [2.05, 4.69) is 15.9 Å². The third-order valence-electron chi connectivity index (χ3n) is 5.17. The Morgan fingerprint density at radius 1 is 1.14 bits per heavy atom. The summed E-state index contributed by atoms with van der Waals surface area (Å²) in [6, 6.07) is 11.9. The van der Waals surface area contributed by atoms with E-state index in [-0.39, 0.29) is 18.6 Å². The first-order valence-electron chi connectivity index (χ1n) is 9.70. The van der Waals surface area contributed by atoms with Crippen LogP contribution in [0.1, 0.15) is 36.4 Å². The molecule has 2 aromatic carbocycles. The Kier molecular flexibility index (Phi) is 5.76. The molecule has 2 aliphatic heterocycles. The molecule has 0 bridgehead atoms. The molecule has 6 heteroatoms. The number of hydrogen-bond donors (Lipinski definition) is 0. The summed E-state index contributed by atoms with van der Waals surface area (Å²) in [4.78, 5) is 14.8. The minimum absolute atomic E-state index is 0.00193. The Labute approximate surface area is 173 Å². The van der Waals surface area contributed by atoms with Crippen molar-refractivity contribution in [3.05, 3.63) is 52.0 Å². The van der Waals surface area contributed by atoms with Gasteiger partial charge in [0.2, 0.25) is 0 Å². The van der Waals surface area contributed by atoms with Crippen LogP contribution in [0.5, 0.6) is 17.2 Å². The molecule has 148 valence electrons.